The Bertz CT molecular complexity index is 647. The summed E-state index contributed by atoms with van der Waals surface area (Å²) in [6, 6.07) is 8.32. The van der Waals surface area contributed by atoms with Gasteiger partial charge in [-0.25, -0.2) is 4.39 Å². The molecule has 0 saturated heterocycles. The van der Waals surface area contributed by atoms with Crippen molar-refractivity contribution >= 4 is 40.5 Å². The van der Waals surface area contributed by atoms with Crippen LogP contribution in [0.15, 0.2) is 36.4 Å². The Hall–Kier alpha value is -1.78. The Kier molecular flexibility index (Phi) is 3.93. The lowest BCUT2D eigenvalue weighted by Gasteiger charge is -2.08. The summed E-state index contributed by atoms with van der Waals surface area (Å²) in [5.41, 5.74) is 6.17. The molecule has 1 amide bonds. The number of carbonyl (C=O) groups is 1. The fraction of sp³-hybridized carbons (Fsp3) is 0. The first kappa shape index (κ1) is 13.6. The van der Waals surface area contributed by atoms with Gasteiger partial charge in [0.2, 0.25) is 0 Å². The van der Waals surface area contributed by atoms with Crippen LogP contribution >= 0.6 is 23.2 Å². The topological polar surface area (TPSA) is 55.1 Å². The zero-order chi connectivity index (χ0) is 14.0. The highest BCUT2D eigenvalue weighted by Crippen LogP contribution is 2.24. The second-order valence-corrected chi connectivity index (χ2v) is 4.64. The first-order chi connectivity index (χ1) is 8.97. The van der Waals surface area contributed by atoms with Crippen LogP contribution in [0.1, 0.15) is 10.4 Å². The van der Waals surface area contributed by atoms with Crippen molar-refractivity contribution in [3.05, 3.63) is 57.8 Å². The van der Waals surface area contributed by atoms with Gasteiger partial charge in [-0.05, 0) is 36.4 Å². The Morgan fingerprint density at radius 3 is 2.53 bits per heavy atom. The highest BCUT2D eigenvalue weighted by Gasteiger charge is 2.11. The Balaban J connectivity index is 2.25. The molecular weight excluding hydrogens is 290 g/mol. The maximum Gasteiger partial charge on any atom is 0.255 e. The van der Waals surface area contributed by atoms with Gasteiger partial charge in [0.05, 0.1) is 15.7 Å². The van der Waals surface area contributed by atoms with Crippen molar-refractivity contribution < 1.29 is 9.18 Å². The molecule has 0 bridgehead atoms. The minimum Gasteiger partial charge on any atom is -0.399 e. The molecule has 0 atom stereocenters. The second-order valence-electron chi connectivity index (χ2n) is 3.82. The predicted octanol–water partition coefficient (Wildman–Crippen LogP) is 3.97. The summed E-state index contributed by atoms with van der Waals surface area (Å²) in [5.74, 6) is -1.06. The van der Waals surface area contributed by atoms with E-state index < -0.39 is 11.7 Å². The fourth-order valence-corrected chi connectivity index (χ4v) is 1.77. The Morgan fingerprint density at radius 2 is 1.84 bits per heavy atom. The lowest BCUT2D eigenvalue weighted by molar-refractivity contribution is 0.102. The fourth-order valence-electron chi connectivity index (χ4n) is 1.47. The van der Waals surface area contributed by atoms with E-state index in [2.05, 4.69) is 5.32 Å². The predicted molar refractivity (Wildman–Crippen MR) is 75.2 cm³/mol. The number of amides is 1. The van der Waals surface area contributed by atoms with Gasteiger partial charge in [0.1, 0.15) is 5.82 Å². The summed E-state index contributed by atoms with van der Waals surface area (Å²) in [5, 5.41) is 3.01. The molecule has 19 heavy (non-hydrogen) atoms. The van der Waals surface area contributed by atoms with Crippen molar-refractivity contribution in [1.29, 1.82) is 0 Å². The van der Waals surface area contributed by atoms with E-state index in [4.69, 9.17) is 28.9 Å². The van der Waals surface area contributed by atoms with Gasteiger partial charge in [-0.1, -0.05) is 23.2 Å². The Morgan fingerprint density at radius 1 is 1.11 bits per heavy atom. The lowest BCUT2D eigenvalue weighted by atomic mass is 10.2. The second kappa shape index (κ2) is 5.47. The monoisotopic (exact) mass is 298 g/mol. The van der Waals surface area contributed by atoms with Gasteiger partial charge in [-0.15, -0.1) is 0 Å². The number of rotatable bonds is 2. The summed E-state index contributed by atoms with van der Waals surface area (Å²) in [7, 11) is 0. The molecule has 0 aliphatic rings. The van der Waals surface area contributed by atoms with E-state index in [9.17, 15) is 9.18 Å². The van der Waals surface area contributed by atoms with Gasteiger partial charge < -0.3 is 11.1 Å². The van der Waals surface area contributed by atoms with E-state index in [1.807, 2.05) is 0 Å². The normalized spacial score (nSPS) is 10.3. The van der Waals surface area contributed by atoms with E-state index in [1.165, 1.54) is 36.4 Å². The van der Waals surface area contributed by atoms with Gasteiger partial charge in [0.25, 0.3) is 5.91 Å². The summed E-state index contributed by atoms with van der Waals surface area (Å²) >= 11 is 11.6. The first-order valence-electron chi connectivity index (χ1n) is 5.29. The Labute approximate surface area is 119 Å². The van der Waals surface area contributed by atoms with Gasteiger partial charge >= 0.3 is 0 Å². The highest BCUT2D eigenvalue weighted by atomic mass is 35.5. The molecule has 0 aliphatic heterocycles. The van der Waals surface area contributed by atoms with E-state index in [0.717, 1.165) is 0 Å². The molecule has 0 unspecified atom stereocenters. The molecule has 6 heteroatoms. The average molecular weight is 299 g/mol. The van der Waals surface area contributed by atoms with E-state index in [-0.39, 0.29) is 16.3 Å². The molecular formula is C13H9Cl2FN2O. The molecule has 0 radical (unpaired) electrons. The number of nitrogen functional groups attached to an aromatic ring is 1. The molecule has 2 aromatic rings. The molecule has 0 fully saturated rings. The number of carbonyl (C=O) groups excluding carboxylic acids is 1. The van der Waals surface area contributed by atoms with Crippen LogP contribution in [0.3, 0.4) is 0 Å². The van der Waals surface area contributed by atoms with Crippen LogP contribution in [-0.4, -0.2) is 5.91 Å². The number of hydrogen-bond acceptors (Lipinski definition) is 2. The molecule has 3 nitrogen and oxygen atoms in total. The lowest BCUT2D eigenvalue weighted by Crippen LogP contribution is -2.13. The molecule has 0 spiro atoms. The van der Waals surface area contributed by atoms with Crippen molar-refractivity contribution in [2.45, 2.75) is 0 Å². The number of hydrogen-bond donors (Lipinski definition) is 2. The standard InChI is InChI=1S/C13H9Cl2FN2O/c14-9-3-1-7(5-10(9)15)13(19)18-12-6-8(17)2-4-11(12)16/h1-6H,17H2,(H,18,19). The summed E-state index contributed by atoms with van der Waals surface area (Å²) in [4.78, 5) is 11.9. The molecule has 0 saturated carbocycles. The average Bonchev–Trinajstić information content (AvgIpc) is 2.37. The number of nitrogens with one attached hydrogen (secondary N) is 1. The SMILES string of the molecule is Nc1ccc(F)c(NC(=O)c2ccc(Cl)c(Cl)c2)c1. The molecule has 98 valence electrons. The van der Waals surface area contributed by atoms with Crippen molar-refractivity contribution in [2.24, 2.45) is 0 Å². The minimum absolute atomic E-state index is 0.0103. The van der Waals surface area contributed by atoms with Crippen LogP contribution in [-0.2, 0) is 0 Å². The summed E-state index contributed by atoms with van der Waals surface area (Å²) < 4.78 is 13.5. The quantitative estimate of drug-likeness (QED) is 0.824. The van der Waals surface area contributed by atoms with Crippen LogP contribution < -0.4 is 11.1 Å². The zero-order valence-electron chi connectivity index (χ0n) is 9.58. The maximum atomic E-state index is 13.5. The smallest absolute Gasteiger partial charge is 0.255 e. The largest absolute Gasteiger partial charge is 0.399 e. The maximum absolute atomic E-state index is 13.5. The van der Waals surface area contributed by atoms with Crippen LogP contribution in [0.2, 0.25) is 10.0 Å². The number of anilines is 2. The molecule has 0 aromatic heterocycles. The molecule has 0 heterocycles. The summed E-state index contributed by atoms with van der Waals surface area (Å²) in [6.07, 6.45) is 0. The number of halogens is 3. The first-order valence-corrected chi connectivity index (χ1v) is 6.04. The highest BCUT2D eigenvalue weighted by molar-refractivity contribution is 6.42. The van der Waals surface area contributed by atoms with E-state index in [0.29, 0.717) is 10.7 Å². The van der Waals surface area contributed by atoms with E-state index in [1.54, 1.807) is 0 Å². The van der Waals surface area contributed by atoms with Crippen molar-refractivity contribution in [3.8, 4) is 0 Å². The molecule has 2 rings (SSSR count). The van der Waals surface area contributed by atoms with Crippen molar-refractivity contribution in [2.75, 3.05) is 11.1 Å². The zero-order valence-corrected chi connectivity index (χ0v) is 11.1. The van der Waals surface area contributed by atoms with E-state index >= 15 is 0 Å². The third-order valence-electron chi connectivity index (χ3n) is 2.42. The third kappa shape index (κ3) is 3.16. The summed E-state index contributed by atoms with van der Waals surface area (Å²) in [6.45, 7) is 0. The van der Waals surface area contributed by atoms with Crippen molar-refractivity contribution in [3.63, 3.8) is 0 Å². The van der Waals surface area contributed by atoms with Crippen LogP contribution in [0, 0.1) is 5.82 Å². The van der Waals surface area contributed by atoms with Crippen LogP contribution in [0.25, 0.3) is 0 Å². The van der Waals surface area contributed by atoms with Crippen LogP contribution in [0.5, 0.6) is 0 Å². The molecule has 3 N–H and O–H groups in total. The van der Waals surface area contributed by atoms with Crippen molar-refractivity contribution in [1.82, 2.24) is 0 Å². The van der Waals surface area contributed by atoms with Crippen LogP contribution in [0.4, 0.5) is 15.8 Å². The van der Waals surface area contributed by atoms with Gasteiger partial charge in [0.15, 0.2) is 0 Å². The third-order valence-corrected chi connectivity index (χ3v) is 3.16. The molecule has 2 aromatic carbocycles. The minimum atomic E-state index is -0.567. The number of nitrogens with two attached hydrogens (primary N) is 1. The molecule has 0 aliphatic carbocycles. The van der Waals surface area contributed by atoms with Gasteiger partial charge in [0, 0.05) is 11.3 Å². The van der Waals surface area contributed by atoms with Gasteiger partial charge in [-0.3, -0.25) is 4.79 Å². The van der Waals surface area contributed by atoms with Gasteiger partial charge in [-0.2, -0.15) is 0 Å². The number of benzene rings is 2.